The van der Waals surface area contributed by atoms with Crippen molar-refractivity contribution in [3.05, 3.63) is 35.4 Å². The summed E-state index contributed by atoms with van der Waals surface area (Å²) in [6.07, 6.45) is 0.463. The lowest BCUT2D eigenvalue weighted by Crippen LogP contribution is -2.24. The molecule has 0 heterocycles. The Labute approximate surface area is 85.7 Å². The molecule has 0 spiro atoms. The molecule has 0 bridgehead atoms. The quantitative estimate of drug-likeness (QED) is 0.725. The molecule has 0 unspecified atom stereocenters. The normalized spacial score (nSPS) is 10.3. The first-order valence-electron chi connectivity index (χ1n) is 4.46. The van der Waals surface area contributed by atoms with E-state index < -0.39 is 17.6 Å². The van der Waals surface area contributed by atoms with E-state index in [4.69, 9.17) is 5.11 Å². The lowest BCUT2D eigenvalue weighted by atomic mass is 10.1. The average Bonchev–Trinajstić information content (AvgIpc) is 2.18. The standard InChI is InChI=1S/C10H11F2NO2/c11-8-2-1-7(5-9(8)12)3-4-13-6-10(14)15/h1-2,5,13H,3-4,6H2,(H,14,15). The van der Waals surface area contributed by atoms with Gasteiger partial charge in [0, 0.05) is 0 Å². The van der Waals surface area contributed by atoms with Gasteiger partial charge in [0.15, 0.2) is 11.6 Å². The maximum Gasteiger partial charge on any atom is 0.317 e. The largest absolute Gasteiger partial charge is 0.480 e. The van der Waals surface area contributed by atoms with Crippen LogP contribution in [0.1, 0.15) is 5.56 Å². The van der Waals surface area contributed by atoms with Crippen molar-refractivity contribution in [2.75, 3.05) is 13.1 Å². The molecule has 1 aromatic carbocycles. The Morgan fingerprint density at radius 1 is 1.33 bits per heavy atom. The van der Waals surface area contributed by atoms with Crippen molar-refractivity contribution in [2.24, 2.45) is 0 Å². The highest BCUT2D eigenvalue weighted by atomic mass is 19.2. The van der Waals surface area contributed by atoms with E-state index >= 15 is 0 Å². The van der Waals surface area contributed by atoms with Crippen molar-refractivity contribution in [2.45, 2.75) is 6.42 Å². The van der Waals surface area contributed by atoms with Gasteiger partial charge in [-0.1, -0.05) is 6.07 Å². The van der Waals surface area contributed by atoms with Crippen LogP contribution in [0.4, 0.5) is 8.78 Å². The summed E-state index contributed by atoms with van der Waals surface area (Å²) in [5, 5.41) is 11.0. The van der Waals surface area contributed by atoms with Crippen LogP contribution in [-0.2, 0) is 11.2 Å². The van der Waals surface area contributed by atoms with Gasteiger partial charge >= 0.3 is 5.97 Å². The summed E-state index contributed by atoms with van der Waals surface area (Å²) < 4.78 is 25.3. The van der Waals surface area contributed by atoms with Gasteiger partial charge < -0.3 is 10.4 Å². The number of benzene rings is 1. The van der Waals surface area contributed by atoms with Crippen molar-refractivity contribution in [3.8, 4) is 0 Å². The second kappa shape index (κ2) is 5.41. The molecule has 0 radical (unpaired) electrons. The molecule has 15 heavy (non-hydrogen) atoms. The number of carboxylic acids is 1. The predicted octanol–water partition coefficient (Wildman–Crippen LogP) is 1.18. The fourth-order valence-corrected chi connectivity index (χ4v) is 1.12. The van der Waals surface area contributed by atoms with Crippen LogP contribution < -0.4 is 5.32 Å². The number of carbonyl (C=O) groups is 1. The van der Waals surface area contributed by atoms with E-state index in [1.807, 2.05) is 0 Å². The lowest BCUT2D eigenvalue weighted by Gasteiger charge is -2.02. The molecular weight excluding hydrogens is 204 g/mol. The smallest absolute Gasteiger partial charge is 0.317 e. The Hall–Kier alpha value is -1.49. The fraction of sp³-hybridized carbons (Fsp3) is 0.300. The predicted molar refractivity (Wildman–Crippen MR) is 50.6 cm³/mol. The molecule has 0 aromatic heterocycles. The van der Waals surface area contributed by atoms with Crippen molar-refractivity contribution in [1.82, 2.24) is 5.32 Å². The van der Waals surface area contributed by atoms with Crippen molar-refractivity contribution in [1.29, 1.82) is 0 Å². The average molecular weight is 215 g/mol. The van der Waals surface area contributed by atoms with Gasteiger partial charge in [-0.15, -0.1) is 0 Å². The van der Waals surface area contributed by atoms with E-state index in [0.717, 1.165) is 12.1 Å². The van der Waals surface area contributed by atoms with Gasteiger partial charge in [-0.3, -0.25) is 4.79 Å². The summed E-state index contributed by atoms with van der Waals surface area (Å²) in [5.74, 6) is -2.71. The molecule has 1 aromatic rings. The summed E-state index contributed by atoms with van der Waals surface area (Å²) >= 11 is 0. The van der Waals surface area contributed by atoms with E-state index in [0.29, 0.717) is 18.5 Å². The van der Waals surface area contributed by atoms with Gasteiger partial charge in [-0.2, -0.15) is 0 Å². The number of aliphatic carboxylic acids is 1. The highest BCUT2D eigenvalue weighted by molar-refractivity contribution is 5.68. The zero-order valence-electron chi connectivity index (χ0n) is 7.96. The molecule has 3 nitrogen and oxygen atoms in total. The number of carboxylic acid groups (broad SMARTS) is 1. The van der Waals surface area contributed by atoms with Crippen LogP contribution in [0.25, 0.3) is 0 Å². The molecule has 0 fully saturated rings. The monoisotopic (exact) mass is 215 g/mol. The van der Waals surface area contributed by atoms with Gasteiger partial charge in [0.1, 0.15) is 0 Å². The minimum absolute atomic E-state index is 0.135. The van der Waals surface area contributed by atoms with E-state index in [1.165, 1.54) is 6.07 Å². The van der Waals surface area contributed by atoms with E-state index in [9.17, 15) is 13.6 Å². The third kappa shape index (κ3) is 4.03. The Bertz CT molecular complexity index is 355. The maximum absolute atomic E-state index is 12.7. The highest BCUT2D eigenvalue weighted by Gasteiger charge is 2.02. The summed E-state index contributed by atoms with van der Waals surface area (Å²) in [6.45, 7) is 0.279. The van der Waals surface area contributed by atoms with Crippen molar-refractivity contribution >= 4 is 5.97 Å². The Morgan fingerprint density at radius 3 is 2.67 bits per heavy atom. The molecule has 0 aliphatic carbocycles. The Morgan fingerprint density at radius 2 is 2.07 bits per heavy atom. The molecule has 82 valence electrons. The summed E-state index contributed by atoms with van der Waals surface area (Å²) in [7, 11) is 0. The molecule has 2 N–H and O–H groups in total. The SMILES string of the molecule is O=C(O)CNCCc1ccc(F)c(F)c1. The molecule has 5 heteroatoms. The van der Waals surface area contributed by atoms with Crippen LogP contribution in [-0.4, -0.2) is 24.2 Å². The molecule has 1 rings (SSSR count). The lowest BCUT2D eigenvalue weighted by molar-refractivity contribution is -0.135. The summed E-state index contributed by atoms with van der Waals surface area (Å²) in [4.78, 5) is 10.1. The molecular formula is C10H11F2NO2. The van der Waals surface area contributed by atoms with Gasteiger partial charge in [0.05, 0.1) is 6.54 Å². The second-order valence-corrected chi connectivity index (χ2v) is 3.07. The zero-order valence-corrected chi connectivity index (χ0v) is 7.96. The first kappa shape index (κ1) is 11.6. The number of nitrogens with one attached hydrogen (secondary N) is 1. The minimum atomic E-state index is -0.944. The van der Waals surface area contributed by atoms with Crippen LogP contribution in [0, 0.1) is 11.6 Å². The fourth-order valence-electron chi connectivity index (χ4n) is 1.12. The number of hydrogen-bond donors (Lipinski definition) is 2. The first-order valence-corrected chi connectivity index (χ1v) is 4.46. The highest BCUT2D eigenvalue weighted by Crippen LogP contribution is 2.08. The van der Waals surface area contributed by atoms with Crippen LogP contribution in [0.15, 0.2) is 18.2 Å². The topological polar surface area (TPSA) is 49.3 Å². The van der Waals surface area contributed by atoms with Gasteiger partial charge in [0.2, 0.25) is 0 Å². The van der Waals surface area contributed by atoms with Crippen LogP contribution in [0.5, 0.6) is 0 Å². The second-order valence-electron chi connectivity index (χ2n) is 3.07. The zero-order chi connectivity index (χ0) is 11.3. The number of halogens is 2. The van der Waals surface area contributed by atoms with Crippen LogP contribution in [0.3, 0.4) is 0 Å². The molecule has 0 aliphatic heterocycles. The third-order valence-electron chi connectivity index (χ3n) is 1.85. The van der Waals surface area contributed by atoms with Gasteiger partial charge in [-0.05, 0) is 30.7 Å². The maximum atomic E-state index is 12.7. The van der Waals surface area contributed by atoms with Gasteiger partial charge in [0.25, 0.3) is 0 Å². The van der Waals surface area contributed by atoms with Crippen molar-refractivity contribution in [3.63, 3.8) is 0 Å². The van der Waals surface area contributed by atoms with E-state index in [2.05, 4.69) is 5.32 Å². The number of hydrogen-bond acceptors (Lipinski definition) is 2. The summed E-state index contributed by atoms with van der Waals surface area (Å²) in [5.41, 5.74) is 0.631. The Kier molecular flexibility index (Phi) is 4.17. The van der Waals surface area contributed by atoms with Crippen LogP contribution in [0.2, 0.25) is 0 Å². The van der Waals surface area contributed by atoms with Crippen molar-refractivity contribution < 1.29 is 18.7 Å². The van der Waals surface area contributed by atoms with Gasteiger partial charge in [-0.25, -0.2) is 8.78 Å². The minimum Gasteiger partial charge on any atom is -0.480 e. The van der Waals surface area contributed by atoms with Crippen LogP contribution >= 0.6 is 0 Å². The Balaban J connectivity index is 2.38. The summed E-state index contributed by atoms with van der Waals surface area (Å²) in [6, 6.07) is 3.64. The molecule has 0 amide bonds. The molecule has 0 aliphatic rings. The van der Waals surface area contributed by atoms with E-state index in [-0.39, 0.29) is 6.54 Å². The molecule has 0 saturated heterocycles. The molecule has 0 atom stereocenters. The number of rotatable bonds is 5. The first-order chi connectivity index (χ1) is 7.09. The third-order valence-corrected chi connectivity index (χ3v) is 1.85. The molecule has 0 saturated carbocycles. The van der Waals surface area contributed by atoms with E-state index in [1.54, 1.807) is 0 Å².